The fourth-order valence-corrected chi connectivity index (χ4v) is 1.89. The average Bonchev–Trinajstić information content (AvgIpc) is 2.33. The van der Waals surface area contributed by atoms with Crippen molar-refractivity contribution < 1.29 is 78.5 Å². The van der Waals surface area contributed by atoms with Crippen LogP contribution in [-0.2, 0) is 15.0 Å². The highest BCUT2D eigenvalue weighted by molar-refractivity contribution is 14.1. The number of halogens is 16. The zero-order valence-electron chi connectivity index (χ0n) is 11.2. The Hall–Kier alpha value is -0.410. The first-order chi connectivity index (χ1) is 11.2. The lowest BCUT2D eigenvalue weighted by Gasteiger charge is -2.39. The van der Waals surface area contributed by atoms with Crippen LogP contribution in [-0.4, -0.2) is 47.6 Å². The molecule has 0 aromatic heterocycles. The molecule has 0 aromatic carbocycles. The van der Waals surface area contributed by atoms with Crippen LogP contribution in [0.2, 0.25) is 0 Å². The number of hydrogen-bond acceptors (Lipinski definition) is 3. The Morgan fingerprint density at radius 2 is 1.00 bits per heavy atom. The lowest BCUT2D eigenvalue weighted by molar-refractivity contribution is -0.494. The molecule has 0 aliphatic heterocycles. The molecule has 0 fully saturated rings. The van der Waals surface area contributed by atoms with E-state index in [-0.39, 0.29) is 0 Å². The van der Waals surface area contributed by atoms with Gasteiger partial charge in [-0.1, -0.05) is 3.89 Å². The Kier molecular flexibility index (Phi) is 6.45. The summed E-state index contributed by atoms with van der Waals surface area (Å²) in [5.41, 5.74) is 0. The van der Waals surface area contributed by atoms with Crippen molar-refractivity contribution in [1.29, 1.82) is 0 Å². The van der Waals surface area contributed by atoms with E-state index in [1.165, 1.54) is 4.74 Å². The van der Waals surface area contributed by atoms with E-state index < -0.39 is 72.0 Å². The van der Waals surface area contributed by atoms with Crippen LogP contribution in [0, 0.1) is 0 Å². The van der Waals surface area contributed by atoms with Gasteiger partial charge in [-0.05, 0) is 0 Å². The molecular weight excluding hydrogens is 576 g/mol. The molecule has 27 heavy (non-hydrogen) atoms. The molecule has 164 valence electrons. The van der Waals surface area contributed by atoms with Gasteiger partial charge in [0.1, 0.15) is 0 Å². The van der Waals surface area contributed by atoms with Crippen LogP contribution in [0.3, 0.4) is 0 Å². The number of ether oxygens (including phenoxy) is 1. The maximum Gasteiger partial charge on any atom is 0.456 e. The maximum atomic E-state index is 13.2. The Balaban J connectivity index is 6.51. The van der Waals surface area contributed by atoms with E-state index in [4.69, 9.17) is 0 Å². The van der Waals surface area contributed by atoms with E-state index in [1.807, 2.05) is 0 Å². The van der Waals surface area contributed by atoms with E-state index in [0.29, 0.717) is 0 Å². The van der Waals surface area contributed by atoms with E-state index >= 15 is 0 Å². The fraction of sp³-hybridized carbons (Fsp3) is 1.00. The van der Waals surface area contributed by atoms with Gasteiger partial charge in [-0.2, -0.15) is 69.9 Å². The van der Waals surface area contributed by atoms with Crippen molar-refractivity contribution in [2.75, 3.05) is 0 Å². The summed E-state index contributed by atoms with van der Waals surface area (Å²) < 4.78 is 205. The lowest BCUT2D eigenvalue weighted by Crippen LogP contribution is -2.68. The Morgan fingerprint density at radius 3 is 1.22 bits per heavy atom. The molecule has 0 rings (SSSR count). The molecule has 1 atom stereocenters. The topological polar surface area (TPSA) is 43.4 Å². The first-order valence-corrected chi connectivity index (χ1v) is 7.65. The van der Waals surface area contributed by atoms with Crippen molar-refractivity contribution in [3.63, 3.8) is 0 Å². The minimum Gasteiger partial charge on any atom is -0.264 e. The molecule has 0 aliphatic rings. The van der Waals surface area contributed by atoms with Gasteiger partial charge in [-0.3, -0.25) is 4.74 Å². The summed E-state index contributed by atoms with van der Waals surface area (Å²) in [4.78, 5) is 0. The molecule has 0 heterocycles. The summed E-state index contributed by atoms with van der Waals surface area (Å²) in [6.45, 7) is 0. The molecule has 0 aliphatic carbocycles. The average molecular weight is 576 g/mol. The summed E-state index contributed by atoms with van der Waals surface area (Å²) in [6, 6.07) is 0. The summed E-state index contributed by atoms with van der Waals surface area (Å²) >= 11 is -0.924. The largest absolute Gasteiger partial charge is 0.456 e. The van der Waals surface area contributed by atoms with Gasteiger partial charge in [0.25, 0.3) is 0 Å². The quantitative estimate of drug-likeness (QED) is 0.185. The molecule has 0 saturated carbocycles. The molecule has 1 unspecified atom stereocenters. The molecular formula is C7F15IO3S. The van der Waals surface area contributed by atoms with Gasteiger partial charge in [-0.15, -0.1) is 0 Å². The van der Waals surface area contributed by atoms with E-state index in [9.17, 15) is 73.8 Å². The third kappa shape index (κ3) is 4.01. The molecule has 0 bridgehead atoms. The standard InChI is InChI=1S/C7F15IO3S/c8-1(9,2(10,11)7(20,21)27(22,24)25)6(18,19)26-3(12,4(13,14)15)5(16,17)23. The van der Waals surface area contributed by atoms with Crippen LogP contribution in [0.15, 0.2) is 0 Å². The molecule has 3 nitrogen and oxygen atoms in total. The van der Waals surface area contributed by atoms with Crippen LogP contribution in [0.4, 0.5) is 65.4 Å². The van der Waals surface area contributed by atoms with Gasteiger partial charge in [0, 0.05) is 22.6 Å². The minimum absolute atomic E-state index is 0.924. The maximum absolute atomic E-state index is 13.2. The molecule has 0 N–H and O–H groups in total. The van der Waals surface area contributed by atoms with Crippen molar-refractivity contribution in [2.45, 2.75) is 39.2 Å². The first-order valence-electron chi connectivity index (χ1n) is 5.18. The second-order valence-electron chi connectivity index (χ2n) is 4.31. The zero-order valence-corrected chi connectivity index (χ0v) is 14.2. The Labute approximate surface area is 151 Å². The first kappa shape index (κ1) is 26.6. The van der Waals surface area contributed by atoms with Crippen LogP contribution >= 0.6 is 22.6 Å². The van der Waals surface area contributed by atoms with Crippen molar-refractivity contribution in [1.82, 2.24) is 0 Å². The molecule has 0 saturated heterocycles. The summed E-state index contributed by atoms with van der Waals surface area (Å²) in [6.07, 6.45) is -15.2. The van der Waals surface area contributed by atoms with E-state index in [2.05, 4.69) is 0 Å². The van der Waals surface area contributed by atoms with Crippen molar-refractivity contribution in [3.8, 4) is 0 Å². The Morgan fingerprint density at radius 1 is 0.667 bits per heavy atom. The van der Waals surface area contributed by atoms with Gasteiger partial charge in [0.15, 0.2) is 0 Å². The third-order valence-electron chi connectivity index (χ3n) is 2.43. The summed E-state index contributed by atoms with van der Waals surface area (Å²) in [5, 5.41) is -7.72. The van der Waals surface area contributed by atoms with Gasteiger partial charge < -0.3 is 0 Å². The number of alkyl halides is 15. The number of rotatable bonds is 7. The van der Waals surface area contributed by atoms with Gasteiger partial charge in [0.2, 0.25) is 0 Å². The minimum atomic E-state index is -8.16. The third-order valence-corrected chi connectivity index (χ3v) is 3.99. The molecule has 20 heteroatoms. The zero-order chi connectivity index (χ0) is 22.7. The summed E-state index contributed by atoms with van der Waals surface area (Å²) in [7, 11) is -8.12. The SMILES string of the molecule is O=S(=O)(F)C(F)(F)C(F)(F)C(F)(F)C(F)(F)OC(F)(C(F)(F)F)C(F)(F)I. The van der Waals surface area contributed by atoms with Gasteiger partial charge in [0.05, 0.1) is 0 Å². The predicted octanol–water partition coefficient (Wildman–Crippen LogP) is 5.01. The predicted molar refractivity (Wildman–Crippen MR) is 59.8 cm³/mol. The molecule has 0 radical (unpaired) electrons. The van der Waals surface area contributed by atoms with Gasteiger partial charge >= 0.3 is 49.4 Å². The monoisotopic (exact) mass is 576 g/mol. The van der Waals surface area contributed by atoms with Crippen LogP contribution in [0.5, 0.6) is 0 Å². The number of hydrogen-bond donors (Lipinski definition) is 0. The van der Waals surface area contributed by atoms with E-state index in [0.717, 1.165) is 0 Å². The van der Waals surface area contributed by atoms with Crippen LogP contribution < -0.4 is 0 Å². The van der Waals surface area contributed by atoms with Crippen molar-refractivity contribution in [2.24, 2.45) is 0 Å². The molecule has 0 amide bonds. The lowest BCUT2D eigenvalue weighted by atomic mass is 10.1. The fourth-order valence-electron chi connectivity index (χ4n) is 1.04. The molecule has 0 spiro atoms. The highest BCUT2D eigenvalue weighted by Gasteiger charge is 2.88. The molecule has 0 aromatic rings. The van der Waals surface area contributed by atoms with Crippen molar-refractivity contribution in [3.05, 3.63) is 0 Å². The Bertz CT molecular complexity index is 648. The second kappa shape index (κ2) is 6.55. The van der Waals surface area contributed by atoms with E-state index in [1.54, 1.807) is 0 Å². The normalized spacial score (nSPS) is 18.4. The van der Waals surface area contributed by atoms with Crippen LogP contribution in [0.25, 0.3) is 0 Å². The highest BCUT2D eigenvalue weighted by Crippen LogP contribution is 2.59. The van der Waals surface area contributed by atoms with Gasteiger partial charge in [-0.25, -0.2) is 0 Å². The highest BCUT2D eigenvalue weighted by atomic mass is 127. The van der Waals surface area contributed by atoms with Crippen molar-refractivity contribution >= 4 is 32.8 Å². The van der Waals surface area contributed by atoms with Crippen LogP contribution in [0.1, 0.15) is 0 Å². The smallest absolute Gasteiger partial charge is 0.264 e. The second-order valence-corrected chi connectivity index (χ2v) is 7.06. The summed E-state index contributed by atoms with van der Waals surface area (Å²) in [5.74, 6) is -23.4.